The number of hydrogen-bond acceptors (Lipinski definition) is 6. The molecule has 0 unspecified atom stereocenters. The molecule has 6 bridgehead atoms. The first kappa shape index (κ1) is 28.1. The van der Waals surface area contributed by atoms with Crippen LogP contribution in [0.3, 0.4) is 0 Å². The molecule has 2 aromatic rings. The highest BCUT2D eigenvalue weighted by atomic mass is 16.5. The molecule has 8 heteroatoms. The molecule has 0 saturated carbocycles. The summed E-state index contributed by atoms with van der Waals surface area (Å²) in [5.74, 6) is 0.881. The van der Waals surface area contributed by atoms with Gasteiger partial charge in [0, 0.05) is 31.3 Å². The average Bonchev–Trinajstić information content (AvgIpc) is 2.92. The van der Waals surface area contributed by atoms with Crippen LogP contribution in [0.2, 0.25) is 0 Å². The molecule has 3 atom stereocenters. The van der Waals surface area contributed by atoms with Crippen LogP contribution < -0.4 is 15.8 Å². The third-order valence-corrected chi connectivity index (χ3v) is 8.64. The van der Waals surface area contributed by atoms with E-state index in [9.17, 15) is 9.59 Å². The van der Waals surface area contributed by atoms with E-state index in [0.717, 1.165) is 49.0 Å². The van der Waals surface area contributed by atoms with Crippen LogP contribution in [0.25, 0.3) is 0 Å². The SMILES string of the molecule is CC[C@@]12CCCCc3ccc4c(c3)[C@H](CC(C)(C)O4)NC(=O)c3cccc(c3)[C@@H](CCOC)N(C(=O)C1)C(N)=N2. The topological polar surface area (TPSA) is 106 Å². The first-order valence-electron chi connectivity index (χ1n) is 14.5. The lowest BCUT2D eigenvalue weighted by atomic mass is 9.84. The molecule has 0 spiro atoms. The molecule has 4 heterocycles. The van der Waals surface area contributed by atoms with Gasteiger partial charge in [-0.25, -0.2) is 4.99 Å². The summed E-state index contributed by atoms with van der Waals surface area (Å²) in [6, 6.07) is 13.3. The molecule has 2 aromatic carbocycles. The second-order valence-electron chi connectivity index (χ2n) is 12.1. The number of ether oxygens (including phenoxy) is 2. The number of hydrogen-bond donors (Lipinski definition) is 2. The summed E-state index contributed by atoms with van der Waals surface area (Å²) < 4.78 is 11.7. The summed E-state index contributed by atoms with van der Waals surface area (Å²) in [4.78, 5) is 34.0. The fraction of sp³-hybridized carbons (Fsp3) is 0.531. The number of aliphatic imine (C=N–C) groups is 1. The average molecular weight is 547 g/mol. The van der Waals surface area contributed by atoms with Crippen molar-refractivity contribution in [2.75, 3.05) is 13.7 Å². The number of amides is 2. The number of nitrogens with zero attached hydrogens (tertiary/aromatic N) is 2. The quantitative estimate of drug-likeness (QED) is 0.547. The Labute approximate surface area is 237 Å². The minimum absolute atomic E-state index is 0.0314. The first-order chi connectivity index (χ1) is 19.1. The number of aryl methyl sites for hydroxylation is 1. The number of carbonyl (C=O) groups is 2. The predicted molar refractivity (Wildman–Crippen MR) is 155 cm³/mol. The van der Waals surface area contributed by atoms with Gasteiger partial charge in [-0.1, -0.05) is 37.6 Å². The third kappa shape index (κ3) is 5.73. The Hall–Kier alpha value is -3.39. The van der Waals surface area contributed by atoms with Crippen molar-refractivity contribution in [3.63, 3.8) is 0 Å². The van der Waals surface area contributed by atoms with Crippen molar-refractivity contribution in [3.05, 3.63) is 64.7 Å². The van der Waals surface area contributed by atoms with E-state index in [0.29, 0.717) is 31.4 Å². The van der Waals surface area contributed by atoms with Gasteiger partial charge in [0.25, 0.3) is 5.91 Å². The van der Waals surface area contributed by atoms with Gasteiger partial charge in [0.05, 0.1) is 24.0 Å². The highest BCUT2D eigenvalue weighted by molar-refractivity contribution is 6.00. The van der Waals surface area contributed by atoms with Crippen molar-refractivity contribution >= 4 is 17.8 Å². The Morgan fingerprint density at radius 3 is 2.75 bits per heavy atom. The van der Waals surface area contributed by atoms with Crippen LogP contribution in [0.5, 0.6) is 5.75 Å². The smallest absolute Gasteiger partial charge is 0.251 e. The van der Waals surface area contributed by atoms with Crippen LogP contribution in [-0.2, 0) is 16.0 Å². The van der Waals surface area contributed by atoms with Crippen LogP contribution in [-0.4, -0.2) is 47.5 Å². The predicted octanol–water partition coefficient (Wildman–Crippen LogP) is 5.22. The van der Waals surface area contributed by atoms with E-state index in [-0.39, 0.29) is 29.9 Å². The van der Waals surface area contributed by atoms with E-state index >= 15 is 0 Å². The fourth-order valence-corrected chi connectivity index (χ4v) is 6.46. The van der Waals surface area contributed by atoms with Gasteiger partial charge in [0.15, 0.2) is 5.96 Å². The molecule has 4 aliphatic rings. The summed E-state index contributed by atoms with van der Waals surface area (Å²) in [6.45, 7) is 6.63. The molecule has 0 aliphatic carbocycles. The van der Waals surface area contributed by atoms with Gasteiger partial charge in [0.1, 0.15) is 11.4 Å². The molecule has 0 radical (unpaired) electrons. The van der Waals surface area contributed by atoms with E-state index in [2.05, 4.69) is 38.2 Å². The number of carbonyl (C=O) groups excluding carboxylic acids is 2. The summed E-state index contributed by atoms with van der Waals surface area (Å²) in [7, 11) is 1.64. The zero-order chi connectivity index (χ0) is 28.5. The molecule has 0 saturated heterocycles. The van der Waals surface area contributed by atoms with Crippen molar-refractivity contribution in [2.45, 2.75) is 95.4 Å². The Kier molecular flexibility index (Phi) is 7.91. The molecule has 0 fully saturated rings. The van der Waals surface area contributed by atoms with Crippen LogP contribution in [0, 0.1) is 0 Å². The molecule has 3 N–H and O–H groups in total. The zero-order valence-corrected chi connectivity index (χ0v) is 24.2. The lowest BCUT2D eigenvalue weighted by Crippen LogP contribution is -2.53. The van der Waals surface area contributed by atoms with Crippen molar-refractivity contribution in [1.29, 1.82) is 0 Å². The van der Waals surface area contributed by atoms with E-state index in [1.54, 1.807) is 12.0 Å². The van der Waals surface area contributed by atoms with Crippen molar-refractivity contribution < 1.29 is 19.1 Å². The number of guanidine groups is 1. The van der Waals surface area contributed by atoms with Crippen molar-refractivity contribution in [1.82, 2.24) is 10.2 Å². The lowest BCUT2D eigenvalue weighted by molar-refractivity contribution is -0.132. The largest absolute Gasteiger partial charge is 0.487 e. The zero-order valence-electron chi connectivity index (χ0n) is 24.2. The molecule has 40 heavy (non-hydrogen) atoms. The highest BCUT2D eigenvalue weighted by Gasteiger charge is 2.41. The maximum Gasteiger partial charge on any atom is 0.251 e. The van der Waals surface area contributed by atoms with Crippen molar-refractivity contribution in [2.24, 2.45) is 10.7 Å². The van der Waals surface area contributed by atoms with E-state index in [4.69, 9.17) is 20.2 Å². The second-order valence-corrected chi connectivity index (χ2v) is 12.1. The molecule has 0 aromatic heterocycles. The summed E-state index contributed by atoms with van der Waals surface area (Å²) in [5.41, 5.74) is 9.27. The molecular weight excluding hydrogens is 504 g/mol. The highest BCUT2D eigenvalue weighted by Crippen LogP contribution is 2.41. The number of benzene rings is 2. The van der Waals surface area contributed by atoms with Gasteiger partial charge in [0.2, 0.25) is 5.91 Å². The van der Waals surface area contributed by atoms with Crippen LogP contribution in [0.1, 0.15) is 105 Å². The van der Waals surface area contributed by atoms with Gasteiger partial charge < -0.3 is 20.5 Å². The maximum absolute atomic E-state index is 13.7. The van der Waals surface area contributed by atoms with E-state index in [1.807, 2.05) is 30.3 Å². The van der Waals surface area contributed by atoms with Gasteiger partial charge in [-0.05, 0) is 75.3 Å². The maximum atomic E-state index is 13.7. The summed E-state index contributed by atoms with van der Waals surface area (Å²) >= 11 is 0. The second kappa shape index (κ2) is 11.2. The summed E-state index contributed by atoms with van der Waals surface area (Å²) in [5, 5.41) is 3.28. The Bertz CT molecular complexity index is 1310. The monoisotopic (exact) mass is 546 g/mol. The standard InChI is InChI=1S/C32H42N4O4/c1-5-32-15-7-6-9-21-12-13-27-24(17-21)25(19-31(2,3)40-27)34-29(38)23-11-8-10-22(18-23)26(14-16-39-4)36(28(37)20-32)30(33)35-32/h8,10-13,17-18,25-26H,5-7,9,14-16,19-20H2,1-4H3,(H2,33,35)(H,34,38)/t25-,26+,32+/m0/s1. The van der Waals surface area contributed by atoms with Crippen LogP contribution in [0.15, 0.2) is 47.5 Å². The van der Waals surface area contributed by atoms with Crippen LogP contribution in [0.4, 0.5) is 0 Å². The number of rotatable bonds is 4. The van der Waals surface area contributed by atoms with Crippen LogP contribution >= 0.6 is 0 Å². The molecule has 6 rings (SSSR count). The first-order valence-corrected chi connectivity index (χ1v) is 14.5. The Balaban J connectivity index is 1.58. The normalized spacial score (nSPS) is 26.3. The number of nitrogens with one attached hydrogen (secondary N) is 1. The van der Waals surface area contributed by atoms with Crippen molar-refractivity contribution in [3.8, 4) is 5.75 Å². The molecule has 8 nitrogen and oxygen atoms in total. The number of methoxy groups -OCH3 is 1. The van der Waals surface area contributed by atoms with Gasteiger partial charge >= 0.3 is 0 Å². The summed E-state index contributed by atoms with van der Waals surface area (Å²) in [6.07, 6.45) is 5.89. The minimum atomic E-state index is -0.489. The van der Waals surface area contributed by atoms with Gasteiger partial charge in [-0.2, -0.15) is 0 Å². The Morgan fingerprint density at radius 2 is 2.00 bits per heavy atom. The molecular formula is C32H42N4O4. The number of nitrogens with two attached hydrogens (primary N) is 1. The number of fused-ring (bicyclic) bond motifs is 5. The molecule has 2 amide bonds. The minimum Gasteiger partial charge on any atom is -0.487 e. The Morgan fingerprint density at radius 1 is 1.18 bits per heavy atom. The van der Waals surface area contributed by atoms with Gasteiger partial charge in [-0.15, -0.1) is 0 Å². The molecule has 214 valence electrons. The van der Waals surface area contributed by atoms with E-state index in [1.165, 1.54) is 5.56 Å². The van der Waals surface area contributed by atoms with E-state index < -0.39 is 11.1 Å². The third-order valence-electron chi connectivity index (χ3n) is 8.64. The fourth-order valence-electron chi connectivity index (χ4n) is 6.46. The molecule has 4 aliphatic heterocycles. The van der Waals surface area contributed by atoms with Gasteiger partial charge in [-0.3, -0.25) is 14.5 Å². The lowest BCUT2D eigenvalue weighted by Gasteiger charge is -2.41.